The third-order valence-corrected chi connectivity index (χ3v) is 5.23. The number of amides is 1. The highest BCUT2D eigenvalue weighted by Gasteiger charge is 2.13. The first kappa shape index (κ1) is 19.1. The number of aromatic nitrogens is 4. The topological polar surface area (TPSA) is 92.9 Å². The zero-order valence-electron chi connectivity index (χ0n) is 15.2. The van der Waals surface area contributed by atoms with E-state index in [9.17, 15) is 4.79 Å². The summed E-state index contributed by atoms with van der Waals surface area (Å²) in [6.07, 6.45) is 3.74. The molecule has 2 aromatic heterocycles. The smallest absolute Gasteiger partial charge is 0.274 e. The Morgan fingerprint density at radius 3 is 2.93 bits per heavy atom. The van der Waals surface area contributed by atoms with Crippen LogP contribution in [0.3, 0.4) is 0 Å². The van der Waals surface area contributed by atoms with Gasteiger partial charge in [-0.2, -0.15) is 0 Å². The van der Waals surface area contributed by atoms with Gasteiger partial charge in [0.15, 0.2) is 5.16 Å². The van der Waals surface area contributed by atoms with Crippen molar-refractivity contribution < 1.29 is 9.90 Å². The molecular formula is C19H21N5O2S. The molecule has 2 heterocycles. The van der Waals surface area contributed by atoms with E-state index in [1.807, 2.05) is 35.9 Å². The third-order valence-electron chi connectivity index (χ3n) is 4.02. The molecule has 0 spiro atoms. The zero-order chi connectivity index (χ0) is 19.2. The van der Waals surface area contributed by atoms with Crippen LogP contribution < -0.4 is 5.32 Å². The van der Waals surface area contributed by atoms with Crippen LogP contribution in [0.1, 0.15) is 33.8 Å². The predicted octanol–water partition coefficient (Wildman–Crippen LogP) is 2.85. The molecule has 140 valence electrons. The number of nitrogens with one attached hydrogen (secondary N) is 1. The Balaban J connectivity index is 1.71. The van der Waals surface area contributed by atoms with Crippen molar-refractivity contribution in [2.24, 2.45) is 7.05 Å². The van der Waals surface area contributed by atoms with Crippen LogP contribution in [0.2, 0.25) is 0 Å². The summed E-state index contributed by atoms with van der Waals surface area (Å²) >= 11 is 1.60. The van der Waals surface area contributed by atoms with E-state index in [4.69, 9.17) is 5.11 Å². The largest absolute Gasteiger partial charge is 0.396 e. The van der Waals surface area contributed by atoms with Gasteiger partial charge in [-0.1, -0.05) is 23.9 Å². The van der Waals surface area contributed by atoms with E-state index in [-0.39, 0.29) is 17.8 Å². The lowest BCUT2D eigenvalue weighted by Crippen LogP contribution is -2.14. The van der Waals surface area contributed by atoms with Crippen molar-refractivity contribution in [3.63, 3.8) is 0 Å². The molecule has 0 aliphatic carbocycles. The van der Waals surface area contributed by atoms with Crippen molar-refractivity contribution >= 4 is 23.4 Å². The van der Waals surface area contributed by atoms with Gasteiger partial charge in [-0.05, 0) is 48.7 Å². The van der Waals surface area contributed by atoms with Crippen LogP contribution in [0.15, 0.2) is 54.1 Å². The van der Waals surface area contributed by atoms with E-state index < -0.39 is 0 Å². The molecule has 3 rings (SSSR count). The molecule has 0 bridgehead atoms. The number of benzene rings is 1. The number of anilines is 1. The molecule has 3 aromatic rings. The van der Waals surface area contributed by atoms with Gasteiger partial charge in [0.05, 0.1) is 0 Å². The number of aryl methyl sites for hydroxylation is 1. The van der Waals surface area contributed by atoms with Gasteiger partial charge in [0.25, 0.3) is 5.91 Å². The fourth-order valence-corrected chi connectivity index (χ4v) is 3.46. The van der Waals surface area contributed by atoms with E-state index >= 15 is 0 Å². The van der Waals surface area contributed by atoms with Crippen LogP contribution in [0.25, 0.3) is 0 Å². The Morgan fingerprint density at radius 2 is 2.19 bits per heavy atom. The van der Waals surface area contributed by atoms with Crippen LogP contribution in [0, 0.1) is 0 Å². The van der Waals surface area contributed by atoms with Gasteiger partial charge in [-0.3, -0.25) is 9.78 Å². The Morgan fingerprint density at radius 1 is 1.33 bits per heavy atom. The van der Waals surface area contributed by atoms with Gasteiger partial charge >= 0.3 is 0 Å². The first-order valence-corrected chi connectivity index (χ1v) is 9.42. The summed E-state index contributed by atoms with van der Waals surface area (Å²) < 4.78 is 1.87. The molecule has 1 amide bonds. The Bertz CT molecular complexity index is 928. The van der Waals surface area contributed by atoms with Crippen LogP contribution >= 0.6 is 11.8 Å². The molecule has 0 radical (unpaired) electrons. The number of aliphatic hydroxyl groups is 1. The highest BCUT2D eigenvalue weighted by Crippen LogP contribution is 2.34. The number of rotatable bonds is 7. The normalized spacial score (nSPS) is 12.0. The number of aliphatic hydroxyl groups excluding tert-OH is 1. The van der Waals surface area contributed by atoms with Crippen LogP contribution in [0.4, 0.5) is 5.69 Å². The van der Waals surface area contributed by atoms with E-state index in [1.54, 1.807) is 36.4 Å². The lowest BCUT2D eigenvalue weighted by molar-refractivity contribution is 0.102. The maximum Gasteiger partial charge on any atom is 0.274 e. The highest BCUT2D eigenvalue weighted by molar-refractivity contribution is 7.99. The summed E-state index contributed by atoms with van der Waals surface area (Å²) in [5.41, 5.74) is 2.98. The summed E-state index contributed by atoms with van der Waals surface area (Å²) in [4.78, 5) is 16.6. The maximum absolute atomic E-state index is 12.5. The minimum atomic E-state index is -0.277. The molecule has 0 aliphatic heterocycles. The fourth-order valence-electron chi connectivity index (χ4n) is 2.55. The summed E-state index contributed by atoms with van der Waals surface area (Å²) in [5.74, 6) is -0.277. The molecule has 0 saturated heterocycles. The van der Waals surface area contributed by atoms with Crippen LogP contribution in [-0.2, 0) is 13.5 Å². The Kier molecular flexibility index (Phi) is 6.20. The molecule has 1 aromatic carbocycles. The first-order chi connectivity index (χ1) is 13.1. The van der Waals surface area contributed by atoms with E-state index in [0.29, 0.717) is 17.8 Å². The van der Waals surface area contributed by atoms with Crippen molar-refractivity contribution in [3.05, 3.63) is 65.7 Å². The molecule has 1 atom stereocenters. The van der Waals surface area contributed by atoms with Gasteiger partial charge in [0.2, 0.25) is 0 Å². The Hall–Kier alpha value is -2.71. The van der Waals surface area contributed by atoms with Crippen molar-refractivity contribution in [1.82, 2.24) is 19.7 Å². The minimum absolute atomic E-state index is 0.0359. The van der Waals surface area contributed by atoms with Crippen molar-refractivity contribution in [3.8, 4) is 0 Å². The molecule has 0 saturated carbocycles. The number of thioether (sulfide) groups is 1. The minimum Gasteiger partial charge on any atom is -0.396 e. The molecule has 0 aliphatic rings. The summed E-state index contributed by atoms with van der Waals surface area (Å²) in [6, 6.07) is 11.2. The molecule has 7 nitrogen and oxygen atoms in total. The number of hydrogen-bond acceptors (Lipinski definition) is 6. The number of carbonyl (C=O) groups excluding carboxylic acids is 1. The second kappa shape index (κ2) is 8.79. The molecule has 27 heavy (non-hydrogen) atoms. The maximum atomic E-state index is 12.5. The molecule has 0 fully saturated rings. The third kappa shape index (κ3) is 4.93. The second-order valence-corrected chi connectivity index (χ2v) is 7.39. The van der Waals surface area contributed by atoms with Gasteiger partial charge in [0, 0.05) is 30.8 Å². The number of carbonyl (C=O) groups is 1. The van der Waals surface area contributed by atoms with Crippen molar-refractivity contribution in [2.75, 3.05) is 11.9 Å². The SMILES string of the molecule is C[C@H](Sc1nncn1C)c1cccc(NC(=O)c2cc(CCO)ccn2)c1. The molecule has 8 heteroatoms. The molecule has 0 unspecified atom stereocenters. The fraction of sp³-hybridized carbons (Fsp3) is 0.263. The van der Waals surface area contributed by atoms with Gasteiger partial charge in [0.1, 0.15) is 12.0 Å². The number of hydrogen-bond donors (Lipinski definition) is 2. The summed E-state index contributed by atoms with van der Waals surface area (Å²) in [6.45, 7) is 2.12. The highest BCUT2D eigenvalue weighted by atomic mass is 32.2. The average Bonchev–Trinajstić information content (AvgIpc) is 3.07. The quantitative estimate of drug-likeness (QED) is 0.610. The summed E-state index contributed by atoms with van der Waals surface area (Å²) in [5, 5.41) is 20.9. The van der Waals surface area contributed by atoms with Gasteiger partial charge in [-0.15, -0.1) is 10.2 Å². The zero-order valence-corrected chi connectivity index (χ0v) is 16.0. The monoisotopic (exact) mass is 383 g/mol. The predicted molar refractivity (Wildman–Crippen MR) is 105 cm³/mol. The molecule has 2 N–H and O–H groups in total. The molecular weight excluding hydrogens is 362 g/mol. The van der Waals surface area contributed by atoms with E-state index in [0.717, 1.165) is 16.3 Å². The first-order valence-electron chi connectivity index (χ1n) is 8.54. The number of nitrogens with zero attached hydrogens (tertiary/aromatic N) is 4. The Labute approximate surface area is 161 Å². The van der Waals surface area contributed by atoms with Crippen LogP contribution in [-0.4, -0.2) is 37.4 Å². The van der Waals surface area contributed by atoms with Crippen molar-refractivity contribution in [1.29, 1.82) is 0 Å². The van der Waals surface area contributed by atoms with E-state index in [1.165, 1.54) is 0 Å². The van der Waals surface area contributed by atoms with Gasteiger partial charge in [-0.25, -0.2) is 0 Å². The van der Waals surface area contributed by atoms with Crippen molar-refractivity contribution in [2.45, 2.75) is 23.8 Å². The van der Waals surface area contributed by atoms with Crippen LogP contribution in [0.5, 0.6) is 0 Å². The average molecular weight is 383 g/mol. The standard InChI is InChI=1S/C19H21N5O2S/c1-13(27-19-23-21-12-24(19)2)15-4-3-5-16(11-15)22-18(26)17-10-14(7-9-25)6-8-20-17/h3-6,8,10-13,25H,7,9H2,1-2H3,(H,22,26)/t13-/m0/s1. The second-order valence-electron chi connectivity index (χ2n) is 6.09. The van der Waals surface area contributed by atoms with Gasteiger partial charge < -0.3 is 15.0 Å². The summed E-state index contributed by atoms with van der Waals surface area (Å²) in [7, 11) is 1.91. The lowest BCUT2D eigenvalue weighted by atomic mass is 10.1. The van der Waals surface area contributed by atoms with E-state index in [2.05, 4.69) is 27.4 Å². The number of pyridine rings is 1. The lowest BCUT2D eigenvalue weighted by Gasteiger charge is -2.13.